The van der Waals surface area contributed by atoms with Crippen LogP contribution in [0.25, 0.3) is 0 Å². The maximum Gasteiger partial charge on any atom is 0.251 e. The van der Waals surface area contributed by atoms with Crippen LogP contribution in [-0.2, 0) is 6.42 Å². The van der Waals surface area contributed by atoms with Crippen molar-refractivity contribution >= 4 is 11.9 Å². The summed E-state index contributed by atoms with van der Waals surface area (Å²) in [5.74, 6) is 0.852. The molecular weight excluding hydrogens is 324 g/mol. The molecule has 0 spiro atoms. The Hall–Kier alpha value is -2.04. The van der Waals surface area contributed by atoms with E-state index in [9.17, 15) is 4.79 Å². The van der Waals surface area contributed by atoms with Crippen LogP contribution in [0.4, 0.5) is 0 Å². The van der Waals surface area contributed by atoms with E-state index in [4.69, 9.17) is 4.99 Å². The highest BCUT2D eigenvalue weighted by Crippen LogP contribution is 2.34. The Labute approximate surface area is 158 Å². The van der Waals surface area contributed by atoms with Crippen LogP contribution in [0.1, 0.15) is 62.4 Å². The molecule has 1 aromatic carbocycles. The van der Waals surface area contributed by atoms with E-state index < -0.39 is 0 Å². The van der Waals surface area contributed by atoms with Gasteiger partial charge in [-0.2, -0.15) is 0 Å². The lowest BCUT2D eigenvalue weighted by molar-refractivity contribution is 0.0963. The second-order valence-electron chi connectivity index (χ2n) is 7.87. The molecule has 1 saturated carbocycles. The molecule has 0 atom stereocenters. The zero-order chi connectivity index (χ0) is 19.0. The Morgan fingerprint density at radius 1 is 1.27 bits per heavy atom. The SMILES string of the molecule is CCNC(=NCCc1cccc(C(=O)NC)c1)NC1CCC(C)(C)CC1. The predicted molar refractivity (Wildman–Crippen MR) is 109 cm³/mol. The Balaban J connectivity index is 1.90. The molecule has 3 N–H and O–H groups in total. The van der Waals surface area contributed by atoms with Crippen LogP contribution < -0.4 is 16.0 Å². The van der Waals surface area contributed by atoms with Crippen LogP contribution in [0.2, 0.25) is 0 Å². The zero-order valence-corrected chi connectivity index (χ0v) is 16.7. The number of aliphatic imine (C=N–C) groups is 1. The van der Waals surface area contributed by atoms with E-state index in [1.54, 1.807) is 7.05 Å². The summed E-state index contributed by atoms with van der Waals surface area (Å²) >= 11 is 0. The van der Waals surface area contributed by atoms with E-state index in [0.29, 0.717) is 23.6 Å². The molecule has 0 aliphatic heterocycles. The molecule has 1 amide bonds. The van der Waals surface area contributed by atoms with Crippen LogP contribution >= 0.6 is 0 Å². The van der Waals surface area contributed by atoms with Gasteiger partial charge in [0.1, 0.15) is 0 Å². The van der Waals surface area contributed by atoms with Gasteiger partial charge in [-0.1, -0.05) is 26.0 Å². The molecule has 5 heteroatoms. The minimum absolute atomic E-state index is 0.0504. The van der Waals surface area contributed by atoms with Crippen molar-refractivity contribution in [3.63, 3.8) is 0 Å². The van der Waals surface area contributed by atoms with Crippen molar-refractivity contribution < 1.29 is 4.79 Å². The average molecular weight is 359 g/mol. The predicted octanol–water partition coefficient (Wildman–Crippen LogP) is 3.11. The maximum atomic E-state index is 11.7. The van der Waals surface area contributed by atoms with E-state index >= 15 is 0 Å². The quantitative estimate of drug-likeness (QED) is 0.541. The second kappa shape index (κ2) is 9.60. The van der Waals surface area contributed by atoms with Crippen molar-refractivity contribution in [1.82, 2.24) is 16.0 Å². The van der Waals surface area contributed by atoms with Gasteiger partial charge in [0, 0.05) is 31.7 Å². The Kier molecular flexibility index (Phi) is 7.49. The van der Waals surface area contributed by atoms with Crippen molar-refractivity contribution in [3.8, 4) is 0 Å². The van der Waals surface area contributed by atoms with Crippen LogP contribution in [0.15, 0.2) is 29.3 Å². The number of amides is 1. The molecule has 0 aromatic heterocycles. The maximum absolute atomic E-state index is 11.7. The standard InChI is InChI=1S/C21H34N4O/c1-5-23-20(25-18-9-12-21(2,3)13-10-18)24-14-11-16-7-6-8-17(15-16)19(26)22-4/h6-8,15,18H,5,9-14H2,1-4H3,(H,22,26)(H2,23,24,25). The van der Waals surface area contributed by atoms with Gasteiger partial charge in [-0.05, 0) is 62.1 Å². The zero-order valence-electron chi connectivity index (χ0n) is 16.7. The van der Waals surface area contributed by atoms with Crippen LogP contribution in [-0.4, -0.2) is 38.0 Å². The van der Waals surface area contributed by atoms with Crippen LogP contribution in [0, 0.1) is 5.41 Å². The first kappa shape index (κ1) is 20.3. The number of rotatable bonds is 6. The molecule has 1 aromatic rings. The number of guanidine groups is 1. The molecule has 0 heterocycles. The molecule has 0 bridgehead atoms. The van der Waals surface area contributed by atoms with Crippen LogP contribution in [0.3, 0.4) is 0 Å². The normalized spacial score (nSPS) is 17.6. The Morgan fingerprint density at radius 3 is 2.65 bits per heavy atom. The number of nitrogens with one attached hydrogen (secondary N) is 3. The van der Waals surface area contributed by atoms with Crippen molar-refractivity contribution in [2.45, 2.75) is 58.9 Å². The molecule has 0 radical (unpaired) electrons. The Bertz CT molecular complexity index is 614. The minimum Gasteiger partial charge on any atom is -0.357 e. The number of nitrogens with zero attached hydrogens (tertiary/aromatic N) is 1. The summed E-state index contributed by atoms with van der Waals surface area (Å²) in [6.07, 6.45) is 5.74. The van der Waals surface area contributed by atoms with Gasteiger partial charge in [-0.15, -0.1) is 0 Å². The molecule has 1 aliphatic rings. The minimum atomic E-state index is -0.0504. The third-order valence-corrected chi connectivity index (χ3v) is 5.11. The molecule has 0 unspecified atom stereocenters. The fourth-order valence-electron chi connectivity index (χ4n) is 3.37. The summed E-state index contributed by atoms with van der Waals surface area (Å²) in [7, 11) is 1.65. The van der Waals surface area contributed by atoms with Gasteiger partial charge in [0.2, 0.25) is 0 Å². The number of benzene rings is 1. The lowest BCUT2D eigenvalue weighted by Gasteiger charge is -2.35. The topological polar surface area (TPSA) is 65.5 Å². The lowest BCUT2D eigenvalue weighted by Crippen LogP contribution is -2.45. The van der Waals surface area contributed by atoms with Gasteiger partial charge < -0.3 is 16.0 Å². The molecule has 144 valence electrons. The van der Waals surface area contributed by atoms with Gasteiger partial charge in [-0.25, -0.2) is 0 Å². The summed E-state index contributed by atoms with van der Waals surface area (Å²) in [5.41, 5.74) is 2.30. The third-order valence-electron chi connectivity index (χ3n) is 5.11. The summed E-state index contributed by atoms with van der Waals surface area (Å²) in [6, 6.07) is 8.26. The second-order valence-corrected chi connectivity index (χ2v) is 7.87. The van der Waals surface area contributed by atoms with E-state index in [1.165, 1.54) is 25.7 Å². The van der Waals surface area contributed by atoms with Gasteiger partial charge in [0.25, 0.3) is 5.91 Å². The number of hydrogen-bond acceptors (Lipinski definition) is 2. The van der Waals surface area contributed by atoms with Crippen LogP contribution in [0.5, 0.6) is 0 Å². The lowest BCUT2D eigenvalue weighted by atomic mass is 9.75. The van der Waals surface area contributed by atoms with E-state index in [1.807, 2.05) is 24.3 Å². The molecule has 26 heavy (non-hydrogen) atoms. The van der Waals surface area contributed by atoms with E-state index in [-0.39, 0.29) is 5.91 Å². The van der Waals surface area contributed by atoms with Gasteiger partial charge in [0.15, 0.2) is 5.96 Å². The molecule has 1 aliphatic carbocycles. The summed E-state index contributed by atoms with van der Waals surface area (Å²) in [4.78, 5) is 16.5. The smallest absolute Gasteiger partial charge is 0.251 e. The molecule has 5 nitrogen and oxygen atoms in total. The van der Waals surface area contributed by atoms with E-state index in [0.717, 1.165) is 24.5 Å². The van der Waals surface area contributed by atoms with Gasteiger partial charge in [-0.3, -0.25) is 9.79 Å². The van der Waals surface area contributed by atoms with Gasteiger partial charge >= 0.3 is 0 Å². The fourth-order valence-corrected chi connectivity index (χ4v) is 3.37. The number of carbonyl (C=O) groups is 1. The summed E-state index contributed by atoms with van der Waals surface area (Å²) < 4.78 is 0. The first-order valence-corrected chi connectivity index (χ1v) is 9.79. The molecule has 2 rings (SSSR count). The third kappa shape index (κ3) is 6.36. The highest BCUT2D eigenvalue weighted by Gasteiger charge is 2.27. The number of hydrogen-bond donors (Lipinski definition) is 3. The monoisotopic (exact) mass is 358 g/mol. The van der Waals surface area contributed by atoms with E-state index in [2.05, 4.69) is 36.7 Å². The Morgan fingerprint density at radius 2 is 2.00 bits per heavy atom. The largest absolute Gasteiger partial charge is 0.357 e. The van der Waals surface area contributed by atoms with Crippen molar-refractivity contribution in [3.05, 3.63) is 35.4 Å². The molecule has 1 fully saturated rings. The van der Waals surface area contributed by atoms with Crippen molar-refractivity contribution in [2.24, 2.45) is 10.4 Å². The first-order valence-electron chi connectivity index (χ1n) is 9.79. The highest BCUT2D eigenvalue weighted by molar-refractivity contribution is 5.94. The first-order chi connectivity index (χ1) is 12.4. The fraction of sp³-hybridized carbons (Fsp3) is 0.619. The van der Waals surface area contributed by atoms with Crippen molar-refractivity contribution in [1.29, 1.82) is 0 Å². The van der Waals surface area contributed by atoms with Crippen molar-refractivity contribution in [2.75, 3.05) is 20.1 Å². The average Bonchev–Trinajstić information content (AvgIpc) is 2.63. The highest BCUT2D eigenvalue weighted by atomic mass is 16.1. The number of carbonyl (C=O) groups excluding carboxylic acids is 1. The molecular formula is C21H34N4O. The summed E-state index contributed by atoms with van der Waals surface area (Å²) in [6.45, 7) is 8.36. The summed E-state index contributed by atoms with van der Waals surface area (Å²) in [5, 5.41) is 9.61. The molecule has 0 saturated heterocycles. The van der Waals surface area contributed by atoms with Gasteiger partial charge in [0.05, 0.1) is 0 Å².